The van der Waals surface area contributed by atoms with Crippen molar-refractivity contribution >= 4 is 44.2 Å². The predicted octanol–water partition coefficient (Wildman–Crippen LogP) is 4.42. The van der Waals surface area contributed by atoms with Crippen LogP contribution >= 0.6 is 22.6 Å². The Labute approximate surface area is 174 Å². The fraction of sp³-hybridized carbons (Fsp3) is 0.350. The fourth-order valence-electron chi connectivity index (χ4n) is 3.18. The van der Waals surface area contributed by atoms with Gasteiger partial charge in [-0.15, -0.1) is 0 Å². The third kappa shape index (κ3) is 4.89. The summed E-state index contributed by atoms with van der Waals surface area (Å²) in [5, 5.41) is 2.82. The van der Waals surface area contributed by atoms with Crippen molar-refractivity contribution in [2.45, 2.75) is 37.5 Å². The van der Waals surface area contributed by atoms with Gasteiger partial charge in [0, 0.05) is 27.9 Å². The second-order valence-electron chi connectivity index (χ2n) is 6.76. The number of carbonyl (C=O) groups is 1. The molecule has 1 aliphatic rings. The van der Waals surface area contributed by atoms with Crippen molar-refractivity contribution in [3.05, 3.63) is 57.2 Å². The zero-order valence-corrected chi connectivity index (χ0v) is 18.2. The lowest BCUT2D eigenvalue weighted by molar-refractivity contribution is 0.102. The van der Waals surface area contributed by atoms with E-state index in [0.29, 0.717) is 29.9 Å². The van der Waals surface area contributed by atoms with Crippen LogP contribution in [0.2, 0.25) is 0 Å². The molecule has 1 amide bonds. The normalized spacial score (nSPS) is 15.9. The highest BCUT2D eigenvalue weighted by Crippen LogP contribution is 2.24. The third-order valence-electron chi connectivity index (χ3n) is 4.74. The topological polar surface area (TPSA) is 66.5 Å². The lowest BCUT2D eigenvalue weighted by atomic mass is 10.1. The van der Waals surface area contributed by atoms with E-state index in [1.165, 1.54) is 6.07 Å². The van der Waals surface area contributed by atoms with Crippen molar-refractivity contribution in [2.75, 3.05) is 18.4 Å². The lowest BCUT2D eigenvalue weighted by Crippen LogP contribution is -2.32. The van der Waals surface area contributed by atoms with E-state index in [4.69, 9.17) is 0 Å². The van der Waals surface area contributed by atoms with Gasteiger partial charge in [-0.2, -0.15) is 4.31 Å². The molecule has 1 saturated heterocycles. The SMILES string of the molecule is Cc1ccc(C(=O)Nc2ccc(I)cc2)cc1S(=O)(=O)N1CCCCCC1. The summed E-state index contributed by atoms with van der Waals surface area (Å²) in [5.41, 5.74) is 1.68. The van der Waals surface area contributed by atoms with Crippen molar-refractivity contribution in [3.8, 4) is 0 Å². The molecule has 1 fully saturated rings. The number of carbonyl (C=O) groups excluding carboxylic acids is 1. The number of anilines is 1. The van der Waals surface area contributed by atoms with Gasteiger partial charge in [0.05, 0.1) is 4.90 Å². The van der Waals surface area contributed by atoms with Gasteiger partial charge in [-0.25, -0.2) is 8.42 Å². The second kappa shape index (κ2) is 8.70. The zero-order chi connectivity index (χ0) is 19.4. The van der Waals surface area contributed by atoms with Crippen molar-refractivity contribution in [1.82, 2.24) is 4.31 Å². The van der Waals surface area contributed by atoms with E-state index in [0.717, 1.165) is 29.3 Å². The van der Waals surface area contributed by atoms with Gasteiger partial charge >= 0.3 is 0 Å². The van der Waals surface area contributed by atoms with Crippen molar-refractivity contribution < 1.29 is 13.2 Å². The molecule has 0 unspecified atom stereocenters. The Morgan fingerprint density at radius 3 is 2.26 bits per heavy atom. The van der Waals surface area contributed by atoms with Crippen LogP contribution in [0, 0.1) is 10.5 Å². The molecule has 1 N–H and O–H groups in total. The van der Waals surface area contributed by atoms with E-state index in [2.05, 4.69) is 27.9 Å². The summed E-state index contributed by atoms with van der Waals surface area (Å²) in [6.45, 7) is 2.85. The first-order valence-electron chi connectivity index (χ1n) is 9.05. The summed E-state index contributed by atoms with van der Waals surface area (Å²) in [5.74, 6) is -0.316. The van der Waals surface area contributed by atoms with Crippen molar-refractivity contribution in [2.24, 2.45) is 0 Å². The Balaban J connectivity index is 1.87. The van der Waals surface area contributed by atoms with Crippen LogP contribution in [0.3, 0.4) is 0 Å². The maximum Gasteiger partial charge on any atom is 0.255 e. The minimum atomic E-state index is -3.60. The molecular formula is C20H23IN2O3S. The summed E-state index contributed by atoms with van der Waals surface area (Å²) in [6, 6.07) is 12.3. The highest BCUT2D eigenvalue weighted by atomic mass is 127. The molecule has 5 nitrogen and oxygen atoms in total. The van der Waals surface area contributed by atoms with E-state index < -0.39 is 10.0 Å². The van der Waals surface area contributed by atoms with E-state index in [1.807, 2.05) is 24.3 Å². The number of benzene rings is 2. The van der Waals surface area contributed by atoms with Crippen LogP contribution < -0.4 is 5.32 Å². The minimum absolute atomic E-state index is 0.222. The maximum absolute atomic E-state index is 13.1. The monoisotopic (exact) mass is 498 g/mol. The zero-order valence-electron chi connectivity index (χ0n) is 15.2. The molecule has 0 aromatic heterocycles. The molecule has 0 saturated carbocycles. The predicted molar refractivity (Wildman–Crippen MR) is 116 cm³/mol. The molecule has 0 atom stereocenters. The first kappa shape index (κ1) is 20.3. The first-order valence-corrected chi connectivity index (χ1v) is 11.6. The number of halogens is 1. The number of amides is 1. The van der Waals surface area contributed by atoms with Crippen LogP contribution in [-0.4, -0.2) is 31.7 Å². The summed E-state index contributed by atoms with van der Waals surface area (Å²) in [4.78, 5) is 12.8. The first-order chi connectivity index (χ1) is 12.9. The molecule has 0 radical (unpaired) electrons. The maximum atomic E-state index is 13.1. The number of hydrogen-bond donors (Lipinski definition) is 1. The molecule has 2 aromatic carbocycles. The molecule has 0 bridgehead atoms. The molecule has 1 heterocycles. The molecule has 7 heteroatoms. The molecule has 1 aliphatic heterocycles. The molecule has 2 aromatic rings. The van der Waals surface area contributed by atoms with Crippen LogP contribution in [0.15, 0.2) is 47.4 Å². The van der Waals surface area contributed by atoms with E-state index in [1.54, 1.807) is 23.4 Å². The fourth-order valence-corrected chi connectivity index (χ4v) is 5.30. The Bertz CT molecular complexity index is 919. The number of nitrogens with one attached hydrogen (secondary N) is 1. The van der Waals surface area contributed by atoms with E-state index >= 15 is 0 Å². The Kier molecular flexibility index (Phi) is 6.54. The summed E-state index contributed by atoms with van der Waals surface area (Å²) >= 11 is 2.20. The van der Waals surface area contributed by atoms with Crippen molar-refractivity contribution in [1.29, 1.82) is 0 Å². The Morgan fingerprint density at radius 2 is 1.63 bits per heavy atom. The van der Waals surface area contributed by atoms with Gasteiger partial charge in [-0.1, -0.05) is 18.9 Å². The lowest BCUT2D eigenvalue weighted by Gasteiger charge is -2.21. The number of hydrogen-bond acceptors (Lipinski definition) is 3. The standard InChI is InChI=1S/C20H23IN2O3S/c1-15-6-7-16(20(24)22-18-10-8-17(21)9-11-18)14-19(15)27(25,26)23-12-4-2-3-5-13-23/h6-11,14H,2-5,12-13H2,1H3,(H,22,24). The van der Waals surface area contributed by atoms with Crippen LogP contribution in [0.5, 0.6) is 0 Å². The van der Waals surface area contributed by atoms with Gasteiger partial charge in [0.25, 0.3) is 5.91 Å². The molecule has 0 spiro atoms. The van der Waals surface area contributed by atoms with Gasteiger partial charge < -0.3 is 5.32 Å². The molecular weight excluding hydrogens is 475 g/mol. The molecule has 0 aliphatic carbocycles. The van der Waals surface area contributed by atoms with Gasteiger partial charge in [0.1, 0.15) is 0 Å². The number of rotatable bonds is 4. The van der Waals surface area contributed by atoms with Gasteiger partial charge in [-0.3, -0.25) is 4.79 Å². The number of aryl methyl sites for hydroxylation is 1. The van der Waals surface area contributed by atoms with Crippen molar-refractivity contribution in [3.63, 3.8) is 0 Å². The summed E-state index contributed by atoms with van der Waals surface area (Å²) in [7, 11) is -3.60. The highest BCUT2D eigenvalue weighted by Gasteiger charge is 2.27. The van der Waals surface area contributed by atoms with Crippen LogP contribution in [0.1, 0.15) is 41.6 Å². The second-order valence-corrected chi connectivity index (χ2v) is 9.91. The average molecular weight is 498 g/mol. The van der Waals surface area contributed by atoms with Gasteiger partial charge in [0.2, 0.25) is 10.0 Å². The minimum Gasteiger partial charge on any atom is -0.322 e. The third-order valence-corrected chi connectivity index (χ3v) is 7.50. The summed E-state index contributed by atoms with van der Waals surface area (Å²) < 4.78 is 28.9. The van der Waals surface area contributed by atoms with Crippen LogP contribution in [0.25, 0.3) is 0 Å². The van der Waals surface area contributed by atoms with E-state index in [9.17, 15) is 13.2 Å². The summed E-state index contributed by atoms with van der Waals surface area (Å²) in [6.07, 6.45) is 3.88. The molecule has 3 rings (SSSR count). The van der Waals surface area contributed by atoms with Gasteiger partial charge in [-0.05, 0) is 84.3 Å². The van der Waals surface area contributed by atoms with Gasteiger partial charge in [0.15, 0.2) is 0 Å². The highest BCUT2D eigenvalue weighted by molar-refractivity contribution is 14.1. The number of sulfonamides is 1. The number of nitrogens with zero attached hydrogens (tertiary/aromatic N) is 1. The quantitative estimate of drug-likeness (QED) is 0.635. The molecule has 144 valence electrons. The Morgan fingerprint density at radius 1 is 1.00 bits per heavy atom. The molecule has 27 heavy (non-hydrogen) atoms. The average Bonchev–Trinajstić information content (AvgIpc) is 2.94. The Hall–Kier alpha value is -1.45. The largest absolute Gasteiger partial charge is 0.322 e. The van der Waals surface area contributed by atoms with Crippen LogP contribution in [-0.2, 0) is 10.0 Å². The smallest absolute Gasteiger partial charge is 0.255 e. The van der Waals surface area contributed by atoms with E-state index in [-0.39, 0.29) is 10.8 Å². The van der Waals surface area contributed by atoms with Crippen LogP contribution in [0.4, 0.5) is 5.69 Å².